The summed E-state index contributed by atoms with van der Waals surface area (Å²) < 4.78 is 41.8. The Morgan fingerprint density at radius 3 is 2.57 bits per heavy atom. The first-order valence-electron chi connectivity index (χ1n) is 7.57. The smallest absolute Gasteiger partial charge is 0.405 e. The predicted molar refractivity (Wildman–Crippen MR) is 76.1 cm³/mol. The molecule has 1 aromatic carbocycles. The molecule has 118 valence electrons. The molecule has 2 nitrogen and oxygen atoms in total. The van der Waals surface area contributed by atoms with E-state index >= 15 is 0 Å². The molecule has 0 bridgehead atoms. The molecule has 1 atom stereocenters. The number of nitrogens with one attached hydrogen (secondary N) is 1. The maximum absolute atomic E-state index is 12.5. The summed E-state index contributed by atoms with van der Waals surface area (Å²) in [5, 5.41) is 3.36. The first kappa shape index (κ1) is 16.1. The molecule has 1 aliphatic carbocycles. The lowest BCUT2D eigenvalue weighted by Crippen LogP contribution is -2.28. The molecule has 0 radical (unpaired) electrons. The summed E-state index contributed by atoms with van der Waals surface area (Å²) in [6.45, 7) is 2.84. The van der Waals surface area contributed by atoms with Crippen molar-refractivity contribution >= 4 is 0 Å². The minimum Gasteiger partial charge on any atom is -0.405 e. The molecular weight excluding hydrogens is 279 g/mol. The van der Waals surface area contributed by atoms with E-state index in [9.17, 15) is 13.2 Å². The van der Waals surface area contributed by atoms with Crippen LogP contribution in [0.4, 0.5) is 13.2 Å². The van der Waals surface area contributed by atoms with Crippen molar-refractivity contribution < 1.29 is 17.9 Å². The average molecular weight is 301 g/mol. The van der Waals surface area contributed by atoms with E-state index in [-0.39, 0.29) is 11.8 Å². The summed E-state index contributed by atoms with van der Waals surface area (Å²) in [5.74, 6) is 0.524. The summed E-state index contributed by atoms with van der Waals surface area (Å²) in [6.07, 6.45) is 0.745. The molecule has 21 heavy (non-hydrogen) atoms. The molecule has 2 rings (SSSR count). The summed E-state index contributed by atoms with van der Waals surface area (Å²) in [5.41, 5.74) is 0.607. The zero-order valence-corrected chi connectivity index (χ0v) is 12.2. The van der Waals surface area contributed by atoms with Crippen molar-refractivity contribution in [2.45, 2.75) is 51.4 Å². The van der Waals surface area contributed by atoms with Gasteiger partial charge in [0.2, 0.25) is 0 Å². The van der Waals surface area contributed by atoms with Crippen molar-refractivity contribution in [2.24, 2.45) is 5.92 Å². The molecule has 1 saturated carbocycles. The van der Waals surface area contributed by atoms with E-state index in [0.717, 1.165) is 19.4 Å². The quantitative estimate of drug-likeness (QED) is 0.780. The van der Waals surface area contributed by atoms with Crippen LogP contribution in [0.2, 0.25) is 0 Å². The number of ether oxygens (including phenoxy) is 1. The van der Waals surface area contributed by atoms with E-state index in [4.69, 9.17) is 0 Å². The Morgan fingerprint density at radius 2 is 2.00 bits per heavy atom. The van der Waals surface area contributed by atoms with E-state index in [1.165, 1.54) is 25.3 Å². The van der Waals surface area contributed by atoms with Gasteiger partial charge in [-0.05, 0) is 31.4 Å². The zero-order valence-electron chi connectivity index (χ0n) is 12.2. The maximum Gasteiger partial charge on any atom is 0.573 e. The lowest BCUT2D eigenvalue weighted by molar-refractivity contribution is -0.275. The van der Waals surface area contributed by atoms with Crippen LogP contribution in [0, 0.1) is 5.92 Å². The van der Waals surface area contributed by atoms with Gasteiger partial charge in [0.15, 0.2) is 0 Å². The summed E-state index contributed by atoms with van der Waals surface area (Å²) in [4.78, 5) is 0. The normalized spacial score (nSPS) is 17.3. The molecule has 0 aromatic heterocycles. The first-order valence-corrected chi connectivity index (χ1v) is 7.57. The molecule has 0 aliphatic heterocycles. The highest BCUT2D eigenvalue weighted by atomic mass is 19.4. The van der Waals surface area contributed by atoms with Crippen LogP contribution in [0.1, 0.15) is 50.6 Å². The van der Waals surface area contributed by atoms with Crippen LogP contribution in [0.25, 0.3) is 0 Å². The Kier molecular flexibility index (Phi) is 5.51. The molecule has 1 N–H and O–H groups in total. The van der Waals surface area contributed by atoms with Gasteiger partial charge >= 0.3 is 6.36 Å². The molecule has 1 aromatic rings. The van der Waals surface area contributed by atoms with Gasteiger partial charge < -0.3 is 10.1 Å². The summed E-state index contributed by atoms with van der Waals surface area (Å²) >= 11 is 0. The van der Waals surface area contributed by atoms with Crippen LogP contribution in [0.5, 0.6) is 5.75 Å². The van der Waals surface area contributed by atoms with Crippen molar-refractivity contribution in [2.75, 3.05) is 6.54 Å². The van der Waals surface area contributed by atoms with Gasteiger partial charge in [-0.1, -0.05) is 44.4 Å². The number of benzene rings is 1. The number of hydrogen-bond acceptors (Lipinski definition) is 2. The molecule has 1 unspecified atom stereocenters. The van der Waals surface area contributed by atoms with Crippen LogP contribution in [-0.4, -0.2) is 12.9 Å². The average Bonchev–Trinajstić information content (AvgIpc) is 2.36. The maximum atomic E-state index is 12.5. The van der Waals surface area contributed by atoms with Crippen LogP contribution < -0.4 is 10.1 Å². The highest BCUT2D eigenvalue weighted by Crippen LogP contribution is 2.38. The number of para-hydroxylation sites is 1. The molecule has 0 amide bonds. The molecule has 1 aliphatic rings. The second kappa shape index (κ2) is 7.16. The second-order valence-electron chi connectivity index (χ2n) is 5.62. The van der Waals surface area contributed by atoms with Crippen LogP contribution in [-0.2, 0) is 0 Å². The molecule has 0 saturated heterocycles. The van der Waals surface area contributed by atoms with Crippen LogP contribution in [0.15, 0.2) is 24.3 Å². The van der Waals surface area contributed by atoms with Gasteiger partial charge in [-0.15, -0.1) is 13.2 Å². The number of alkyl halides is 3. The Balaban J connectivity index is 2.16. The Morgan fingerprint density at radius 1 is 1.29 bits per heavy atom. The number of rotatable bonds is 7. The first-order chi connectivity index (χ1) is 9.99. The highest BCUT2D eigenvalue weighted by molar-refractivity contribution is 5.36. The van der Waals surface area contributed by atoms with E-state index in [1.807, 2.05) is 6.92 Å². The van der Waals surface area contributed by atoms with E-state index in [2.05, 4.69) is 10.1 Å². The fraction of sp³-hybridized carbons (Fsp3) is 0.625. The van der Waals surface area contributed by atoms with Gasteiger partial charge in [-0.3, -0.25) is 0 Å². The van der Waals surface area contributed by atoms with Crippen molar-refractivity contribution in [1.29, 1.82) is 0 Å². The Hall–Kier alpha value is -1.23. The van der Waals surface area contributed by atoms with Crippen LogP contribution in [0.3, 0.4) is 0 Å². The van der Waals surface area contributed by atoms with E-state index < -0.39 is 6.36 Å². The molecule has 0 spiro atoms. The van der Waals surface area contributed by atoms with Gasteiger partial charge in [0.1, 0.15) is 5.75 Å². The summed E-state index contributed by atoms with van der Waals surface area (Å²) in [7, 11) is 0. The third kappa shape index (κ3) is 4.92. The monoisotopic (exact) mass is 301 g/mol. The van der Waals surface area contributed by atoms with Crippen LogP contribution >= 0.6 is 0 Å². The standard InChI is InChI=1S/C16H22F3NO/c1-2-10-20-14(11-12-6-5-7-12)13-8-3-4-9-15(13)21-16(17,18)19/h3-4,8-9,12,14,20H,2,5-7,10-11H2,1H3. The number of halogens is 3. The fourth-order valence-corrected chi connectivity index (χ4v) is 2.69. The fourth-order valence-electron chi connectivity index (χ4n) is 2.69. The minimum absolute atomic E-state index is 0.0752. The van der Waals surface area contributed by atoms with Crippen molar-refractivity contribution in [1.82, 2.24) is 5.32 Å². The van der Waals surface area contributed by atoms with Gasteiger partial charge in [0.05, 0.1) is 0 Å². The van der Waals surface area contributed by atoms with Gasteiger partial charge in [0.25, 0.3) is 0 Å². The van der Waals surface area contributed by atoms with E-state index in [0.29, 0.717) is 11.5 Å². The number of hydrogen-bond donors (Lipinski definition) is 1. The molecule has 0 heterocycles. The minimum atomic E-state index is -4.65. The molecule has 5 heteroatoms. The third-order valence-electron chi connectivity index (χ3n) is 3.95. The van der Waals surface area contributed by atoms with Crippen molar-refractivity contribution in [3.05, 3.63) is 29.8 Å². The SMILES string of the molecule is CCCNC(CC1CCC1)c1ccccc1OC(F)(F)F. The van der Waals surface area contributed by atoms with E-state index in [1.54, 1.807) is 18.2 Å². The topological polar surface area (TPSA) is 21.3 Å². The molecule has 1 fully saturated rings. The van der Waals surface area contributed by atoms with Gasteiger partial charge in [-0.25, -0.2) is 0 Å². The van der Waals surface area contributed by atoms with Crippen molar-refractivity contribution in [3.63, 3.8) is 0 Å². The van der Waals surface area contributed by atoms with Gasteiger partial charge in [0, 0.05) is 11.6 Å². The second-order valence-corrected chi connectivity index (χ2v) is 5.62. The predicted octanol–water partition coefficient (Wildman–Crippen LogP) is 4.82. The zero-order chi connectivity index (χ0) is 15.3. The largest absolute Gasteiger partial charge is 0.573 e. The highest BCUT2D eigenvalue weighted by Gasteiger charge is 2.33. The van der Waals surface area contributed by atoms with Crippen molar-refractivity contribution in [3.8, 4) is 5.75 Å². The lowest BCUT2D eigenvalue weighted by Gasteiger charge is -2.31. The summed E-state index contributed by atoms with van der Waals surface area (Å²) in [6, 6.07) is 6.39. The Bertz CT molecular complexity index is 443. The Labute approximate surface area is 123 Å². The third-order valence-corrected chi connectivity index (χ3v) is 3.95. The lowest BCUT2D eigenvalue weighted by atomic mass is 9.79. The molecular formula is C16H22F3NO. The van der Waals surface area contributed by atoms with Gasteiger partial charge in [-0.2, -0.15) is 0 Å².